The van der Waals surface area contributed by atoms with Gasteiger partial charge in [0.15, 0.2) is 5.69 Å². The number of benzene rings is 2. The molecule has 1 fully saturated rings. The molecule has 186 valence electrons. The van der Waals surface area contributed by atoms with Crippen LogP contribution in [0.25, 0.3) is 27.5 Å². The van der Waals surface area contributed by atoms with Crippen LogP contribution < -0.4 is 10.3 Å². The van der Waals surface area contributed by atoms with Gasteiger partial charge >= 0.3 is 6.09 Å². The second-order valence-electron chi connectivity index (χ2n) is 8.54. The maximum absolute atomic E-state index is 13.8. The first-order valence-electron chi connectivity index (χ1n) is 11.8. The number of carbonyl (C=O) groups excluding carboxylic acids is 2. The number of aromatic nitrogens is 3. The van der Waals surface area contributed by atoms with Crippen LogP contribution in [0.15, 0.2) is 53.3 Å². The molecular formula is C26H27N5O5. The van der Waals surface area contributed by atoms with E-state index in [1.807, 2.05) is 35.9 Å². The van der Waals surface area contributed by atoms with Gasteiger partial charge in [-0.05, 0) is 37.3 Å². The molecule has 10 nitrogen and oxygen atoms in total. The predicted molar refractivity (Wildman–Crippen MR) is 135 cm³/mol. The van der Waals surface area contributed by atoms with Crippen molar-refractivity contribution in [2.45, 2.75) is 6.92 Å². The molecule has 0 bridgehead atoms. The van der Waals surface area contributed by atoms with Gasteiger partial charge in [0.1, 0.15) is 11.3 Å². The standard InChI is InChI=1S/C26H27N5O5/c1-4-36-26(34)30-15-13-29(14-16-30)24(32)22-21-19-7-5-6-8-20(19)28(2)23(21)25(33)31(27-22)17-9-11-18(35-3)12-10-17/h5-12H,4,13-16H2,1-3H3. The van der Waals surface area contributed by atoms with Crippen molar-refractivity contribution in [3.8, 4) is 11.4 Å². The quantitative estimate of drug-likeness (QED) is 0.437. The van der Waals surface area contributed by atoms with Gasteiger partial charge in [-0.3, -0.25) is 9.59 Å². The highest BCUT2D eigenvalue weighted by Gasteiger charge is 2.30. The Kier molecular flexibility index (Phi) is 6.09. The van der Waals surface area contributed by atoms with Gasteiger partial charge < -0.3 is 23.8 Å². The molecule has 0 unspecified atom stereocenters. The number of ether oxygens (including phenoxy) is 2. The van der Waals surface area contributed by atoms with Gasteiger partial charge in [-0.1, -0.05) is 18.2 Å². The van der Waals surface area contributed by atoms with Crippen molar-refractivity contribution in [1.82, 2.24) is 24.1 Å². The Morgan fingerprint density at radius 3 is 2.31 bits per heavy atom. The fourth-order valence-corrected chi connectivity index (χ4v) is 4.68. The first-order chi connectivity index (χ1) is 17.4. The van der Waals surface area contributed by atoms with Crippen molar-refractivity contribution in [3.63, 3.8) is 0 Å². The number of rotatable bonds is 4. The summed E-state index contributed by atoms with van der Waals surface area (Å²) >= 11 is 0. The number of fused-ring (bicyclic) bond motifs is 3. The van der Waals surface area contributed by atoms with Gasteiger partial charge in [0, 0.05) is 49.5 Å². The molecule has 1 aliphatic heterocycles. The average Bonchev–Trinajstić information content (AvgIpc) is 3.22. The molecule has 10 heteroatoms. The minimum absolute atomic E-state index is 0.196. The number of hydrogen-bond acceptors (Lipinski definition) is 6. The van der Waals surface area contributed by atoms with Crippen molar-refractivity contribution in [3.05, 3.63) is 64.6 Å². The molecule has 1 saturated heterocycles. The molecule has 0 saturated carbocycles. The number of nitrogens with zero attached hydrogens (tertiary/aromatic N) is 5. The van der Waals surface area contributed by atoms with Gasteiger partial charge in [-0.15, -0.1) is 0 Å². The Balaban J connectivity index is 1.63. The van der Waals surface area contributed by atoms with Crippen LogP contribution in [0, 0.1) is 0 Å². The Labute approximate surface area is 207 Å². The highest BCUT2D eigenvalue weighted by Crippen LogP contribution is 2.29. The summed E-state index contributed by atoms with van der Waals surface area (Å²) in [5.74, 6) is 0.357. The second kappa shape index (κ2) is 9.37. The smallest absolute Gasteiger partial charge is 0.409 e. The zero-order valence-corrected chi connectivity index (χ0v) is 20.4. The first kappa shape index (κ1) is 23.4. The van der Waals surface area contributed by atoms with E-state index in [1.54, 1.807) is 48.1 Å². The molecule has 0 spiro atoms. The van der Waals surface area contributed by atoms with Gasteiger partial charge in [0.25, 0.3) is 11.5 Å². The SMILES string of the molecule is CCOC(=O)N1CCN(C(=O)c2nn(-c3ccc(OC)cc3)c(=O)c3c2c2ccccc2n3C)CC1. The molecular weight excluding hydrogens is 462 g/mol. The summed E-state index contributed by atoms with van der Waals surface area (Å²) < 4.78 is 13.4. The normalized spacial score (nSPS) is 13.9. The van der Waals surface area contributed by atoms with E-state index in [4.69, 9.17) is 9.47 Å². The van der Waals surface area contributed by atoms with E-state index in [0.717, 1.165) is 10.9 Å². The Morgan fingerprint density at radius 1 is 0.972 bits per heavy atom. The Morgan fingerprint density at radius 2 is 1.64 bits per heavy atom. The van der Waals surface area contributed by atoms with Crippen molar-refractivity contribution < 1.29 is 19.1 Å². The lowest BCUT2D eigenvalue weighted by molar-refractivity contribution is 0.0566. The maximum Gasteiger partial charge on any atom is 0.409 e. The van der Waals surface area contributed by atoms with Crippen LogP contribution in [-0.2, 0) is 11.8 Å². The van der Waals surface area contributed by atoms with Crippen molar-refractivity contribution in [1.29, 1.82) is 0 Å². The average molecular weight is 490 g/mol. The highest BCUT2D eigenvalue weighted by molar-refractivity contribution is 6.16. The van der Waals surface area contributed by atoms with Crippen LogP contribution in [-0.4, -0.2) is 76.0 Å². The number of aryl methyl sites for hydroxylation is 1. The third-order valence-electron chi connectivity index (χ3n) is 6.55. The van der Waals surface area contributed by atoms with Crippen LogP contribution in [0.5, 0.6) is 5.75 Å². The summed E-state index contributed by atoms with van der Waals surface area (Å²) in [6.07, 6.45) is -0.382. The summed E-state index contributed by atoms with van der Waals surface area (Å²) in [5.41, 5.74) is 1.63. The molecule has 5 rings (SSSR count). The summed E-state index contributed by atoms with van der Waals surface area (Å²) in [6.45, 7) is 3.47. The van der Waals surface area contributed by atoms with E-state index in [1.165, 1.54) is 4.68 Å². The molecule has 1 aliphatic rings. The minimum Gasteiger partial charge on any atom is -0.497 e. The Hall–Kier alpha value is -4.34. The summed E-state index contributed by atoms with van der Waals surface area (Å²) in [6, 6.07) is 14.5. The number of carbonyl (C=O) groups is 2. The van der Waals surface area contributed by atoms with E-state index < -0.39 is 0 Å². The lowest BCUT2D eigenvalue weighted by atomic mass is 10.1. The predicted octanol–water partition coefficient (Wildman–Crippen LogP) is 2.80. The number of amides is 2. The van der Waals surface area contributed by atoms with E-state index >= 15 is 0 Å². The van der Waals surface area contributed by atoms with Crippen LogP contribution in [0.1, 0.15) is 17.4 Å². The van der Waals surface area contributed by atoms with Crippen LogP contribution in [0.4, 0.5) is 4.79 Å². The summed E-state index contributed by atoms with van der Waals surface area (Å²) in [5, 5.41) is 5.92. The monoisotopic (exact) mass is 489 g/mol. The summed E-state index contributed by atoms with van der Waals surface area (Å²) in [4.78, 5) is 42.9. The lowest BCUT2D eigenvalue weighted by Gasteiger charge is -2.34. The van der Waals surface area contributed by atoms with E-state index in [-0.39, 0.29) is 23.3 Å². The molecule has 0 radical (unpaired) electrons. The van der Waals surface area contributed by atoms with Crippen LogP contribution in [0.2, 0.25) is 0 Å². The van der Waals surface area contributed by atoms with E-state index in [0.29, 0.717) is 55.1 Å². The molecule has 4 aromatic rings. The topological polar surface area (TPSA) is 98.9 Å². The van der Waals surface area contributed by atoms with Gasteiger partial charge in [0.2, 0.25) is 0 Å². The zero-order chi connectivity index (χ0) is 25.4. The second-order valence-corrected chi connectivity index (χ2v) is 8.54. The highest BCUT2D eigenvalue weighted by atomic mass is 16.6. The number of piperazine rings is 1. The first-order valence-corrected chi connectivity index (χ1v) is 11.8. The van der Waals surface area contributed by atoms with Gasteiger partial charge in [-0.2, -0.15) is 9.78 Å². The number of para-hydroxylation sites is 1. The molecule has 2 amide bonds. The number of hydrogen-bond donors (Lipinski definition) is 0. The van der Waals surface area contributed by atoms with Crippen LogP contribution >= 0.6 is 0 Å². The fraction of sp³-hybridized carbons (Fsp3) is 0.308. The molecule has 0 aliphatic carbocycles. The molecule has 36 heavy (non-hydrogen) atoms. The van der Waals surface area contributed by atoms with Gasteiger partial charge in [0.05, 0.1) is 19.4 Å². The van der Waals surface area contributed by atoms with Gasteiger partial charge in [-0.25, -0.2) is 4.79 Å². The van der Waals surface area contributed by atoms with Crippen molar-refractivity contribution in [2.24, 2.45) is 7.05 Å². The van der Waals surface area contributed by atoms with E-state index in [9.17, 15) is 14.4 Å². The maximum atomic E-state index is 13.8. The summed E-state index contributed by atoms with van der Waals surface area (Å²) in [7, 11) is 3.39. The zero-order valence-electron chi connectivity index (χ0n) is 20.4. The van der Waals surface area contributed by atoms with Crippen molar-refractivity contribution in [2.75, 3.05) is 39.9 Å². The molecule has 2 aromatic heterocycles. The number of methoxy groups -OCH3 is 1. The third kappa shape index (κ3) is 3.84. The minimum atomic E-state index is -0.382. The van der Waals surface area contributed by atoms with E-state index in [2.05, 4.69) is 5.10 Å². The molecule has 2 aromatic carbocycles. The molecule has 0 atom stereocenters. The largest absolute Gasteiger partial charge is 0.497 e. The van der Waals surface area contributed by atoms with Crippen molar-refractivity contribution >= 4 is 33.8 Å². The molecule has 0 N–H and O–H groups in total. The fourth-order valence-electron chi connectivity index (χ4n) is 4.68. The third-order valence-corrected chi connectivity index (χ3v) is 6.55. The molecule has 3 heterocycles. The lowest BCUT2D eigenvalue weighted by Crippen LogP contribution is -2.51. The Bertz CT molecular complexity index is 1510. The van der Waals surface area contributed by atoms with Crippen LogP contribution in [0.3, 0.4) is 0 Å².